The molecule has 2 aromatic rings. The van der Waals surface area contributed by atoms with Crippen molar-refractivity contribution in [1.29, 1.82) is 0 Å². The molecule has 4 nitrogen and oxygen atoms in total. The molecule has 0 bridgehead atoms. The Balaban J connectivity index is 1.61. The van der Waals surface area contributed by atoms with Gasteiger partial charge in [-0.15, -0.1) is 0 Å². The molecule has 2 heterocycles. The first kappa shape index (κ1) is 15.7. The van der Waals surface area contributed by atoms with Gasteiger partial charge in [-0.2, -0.15) is 0 Å². The first-order chi connectivity index (χ1) is 11.3. The van der Waals surface area contributed by atoms with E-state index in [1.165, 1.54) is 0 Å². The van der Waals surface area contributed by atoms with Crippen LogP contribution in [-0.4, -0.2) is 42.1 Å². The van der Waals surface area contributed by atoms with Crippen molar-refractivity contribution in [3.05, 3.63) is 66.0 Å². The van der Waals surface area contributed by atoms with Crippen LogP contribution in [0.1, 0.15) is 11.3 Å². The third-order valence-electron chi connectivity index (χ3n) is 4.11. The maximum atomic E-state index is 12.6. The van der Waals surface area contributed by atoms with Gasteiger partial charge in [-0.1, -0.05) is 36.4 Å². The lowest BCUT2D eigenvalue weighted by Gasteiger charge is -2.23. The van der Waals surface area contributed by atoms with E-state index < -0.39 is 0 Å². The minimum atomic E-state index is 0.174. The summed E-state index contributed by atoms with van der Waals surface area (Å²) in [6, 6.07) is 15.9. The Labute approximate surface area is 137 Å². The second-order valence-corrected chi connectivity index (χ2v) is 5.97. The summed E-state index contributed by atoms with van der Waals surface area (Å²) in [7, 11) is 0. The molecular weight excluding hydrogens is 288 g/mol. The molecule has 1 aliphatic rings. The van der Waals surface area contributed by atoms with Crippen LogP contribution in [0.4, 0.5) is 0 Å². The number of rotatable bonds is 4. The Kier molecular flexibility index (Phi) is 5.37. The van der Waals surface area contributed by atoms with Crippen LogP contribution in [0.15, 0.2) is 54.7 Å². The predicted molar refractivity (Wildman–Crippen MR) is 89.0 cm³/mol. The number of carbonyl (C=O) groups is 1. The molecule has 1 amide bonds. The predicted octanol–water partition coefficient (Wildman–Crippen LogP) is 2.34. The zero-order valence-corrected chi connectivity index (χ0v) is 13.2. The molecule has 0 aliphatic carbocycles. The Morgan fingerprint density at radius 3 is 2.78 bits per heavy atom. The summed E-state index contributed by atoms with van der Waals surface area (Å²) in [6.45, 7) is 2.71. The van der Waals surface area contributed by atoms with Crippen LogP contribution in [0.2, 0.25) is 0 Å². The molecule has 1 fully saturated rings. The van der Waals surface area contributed by atoms with Gasteiger partial charge in [0.15, 0.2) is 0 Å². The van der Waals surface area contributed by atoms with E-state index >= 15 is 0 Å². The van der Waals surface area contributed by atoms with Gasteiger partial charge in [0.2, 0.25) is 5.91 Å². The summed E-state index contributed by atoms with van der Waals surface area (Å²) in [5.41, 5.74) is 2.11. The van der Waals surface area contributed by atoms with Gasteiger partial charge in [0.1, 0.15) is 0 Å². The van der Waals surface area contributed by atoms with E-state index in [4.69, 9.17) is 4.74 Å². The highest BCUT2D eigenvalue weighted by Gasteiger charge is 2.23. The fraction of sp³-hybridized carbons (Fsp3) is 0.368. The largest absolute Gasteiger partial charge is 0.379 e. The first-order valence-corrected chi connectivity index (χ1v) is 8.10. The maximum Gasteiger partial charge on any atom is 0.227 e. The summed E-state index contributed by atoms with van der Waals surface area (Å²) in [5.74, 6) is 0.472. The Hall–Kier alpha value is -2.20. The van der Waals surface area contributed by atoms with Gasteiger partial charge < -0.3 is 9.64 Å². The summed E-state index contributed by atoms with van der Waals surface area (Å²) in [5, 5.41) is 0. The van der Waals surface area contributed by atoms with Crippen LogP contribution in [0.3, 0.4) is 0 Å². The second kappa shape index (κ2) is 7.88. The minimum Gasteiger partial charge on any atom is -0.379 e. The van der Waals surface area contributed by atoms with Crippen molar-refractivity contribution < 1.29 is 9.53 Å². The van der Waals surface area contributed by atoms with Crippen molar-refractivity contribution in [3.8, 4) is 0 Å². The second-order valence-electron chi connectivity index (χ2n) is 5.97. The Morgan fingerprint density at radius 2 is 2.00 bits per heavy atom. The molecule has 0 saturated carbocycles. The van der Waals surface area contributed by atoms with Gasteiger partial charge in [-0.05, 0) is 24.1 Å². The van der Waals surface area contributed by atoms with Gasteiger partial charge in [0.05, 0.1) is 19.6 Å². The van der Waals surface area contributed by atoms with Gasteiger partial charge in [-0.25, -0.2) is 0 Å². The van der Waals surface area contributed by atoms with E-state index in [1.54, 1.807) is 0 Å². The molecule has 0 unspecified atom stereocenters. The average Bonchev–Trinajstić information content (AvgIpc) is 2.82. The van der Waals surface area contributed by atoms with Crippen LogP contribution in [0.25, 0.3) is 0 Å². The molecule has 120 valence electrons. The monoisotopic (exact) mass is 310 g/mol. The number of amides is 1. The Morgan fingerprint density at radius 1 is 1.17 bits per heavy atom. The number of pyridine rings is 1. The molecule has 0 N–H and O–H groups in total. The fourth-order valence-corrected chi connectivity index (χ4v) is 2.93. The molecule has 0 spiro atoms. The van der Waals surface area contributed by atoms with Crippen LogP contribution in [0.5, 0.6) is 0 Å². The van der Waals surface area contributed by atoms with Crippen molar-refractivity contribution in [2.24, 2.45) is 5.92 Å². The highest BCUT2D eigenvalue weighted by Crippen LogP contribution is 2.14. The summed E-state index contributed by atoms with van der Waals surface area (Å²) < 4.78 is 5.69. The molecule has 23 heavy (non-hydrogen) atoms. The van der Waals surface area contributed by atoms with Crippen molar-refractivity contribution in [1.82, 2.24) is 9.88 Å². The number of hydrogen-bond donors (Lipinski definition) is 0. The molecule has 1 saturated heterocycles. The quantitative estimate of drug-likeness (QED) is 0.870. The van der Waals surface area contributed by atoms with Crippen molar-refractivity contribution in [2.75, 3.05) is 26.3 Å². The number of benzene rings is 1. The molecule has 1 aliphatic heterocycles. The van der Waals surface area contributed by atoms with E-state index in [2.05, 4.69) is 4.98 Å². The smallest absolute Gasteiger partial charge is 0.227 e. The fourth-order valence-electron chi connectivity index (χ4n) is 2.93. The van der Waals surface area contributed by atoms with Crippen molar-refractivity contribution >= 4 is 5.91 Å². The van der Waals surface area contributed by atoms with E-state index in [-0.39, 0.29) is 5.91 Å². The van der Waals surface area contributed by atoms with Crippen LogP contribution < -0.4 is 0 Å². The third kappa shape index (κ3) is 4.63. The summed E-state index contributed by atoms with van der Waals surface area (Å²) >= 11 is 0. The van der Waals surface area contributed by atoms with Gasteiger partial charge >= 0.3 is 0 Å². The molecule has 1 aromatic carbocycles. The van der Waals surface area contributed by atoms with Gasteiger partial charge in [0.25, 0.3) is 0 Å². The lowest BCUT2D eigenvalue weighted by molar-refractivity contribution is -0.130. The van der Waals surface area contributed by atoms with E-state index in [0.29, 0.717) is 32.1 Å². The molecule has 1 atom stereocenters. The van der Waals surface area contributed by atoms with E-state index in [1.807, 2.05) is 59.6 Å². The van der Waals surface area contributed by atoms with Crippen molar-refractivity contribution in [3.63, 3.8) is 0 Å². The van der Waals surface area contributed by atoms with Crippen LogP contribution in [0, 0.1) is 5.92 Å². The van der Waals surface area contributed by atoms with E-state index in [9.17, 15) is 4.79 Å². The number of hydrogen-bond acceptors (Lipinski definition) is 3. The number of carbonyl (C=O) groups excluding carboxylic acids is 1. The molecular formula is C19H22N2O2. The highest BCUT2D eigenvalue weighted by atomic mass is 16.5. The van der Waals surface area contributed by atoms with Gasteiger partial charge in [-0.3, -0.25) is 9.78 Å². The topological polar surface area (TPSA) is 42.4 Å². The SMILES string of the molecule is O=C(Cc1ccccc1)N1CCOC[C@@H](Cc2ccccn2)C1. The maximum absolute atomic E-state index is 12.6. The van der Waals surface area contributed by atoms with Crippen LogP contribution in [-0.2, 0) is 22.4 Å². The highest BCUT2D eigenvalue weighted by molar-refractivity contribution is 5.78. The first-order valence-electron chi connectivity index (χ1n) is 8.10. The molecule has 0 radical (unpaired) electrons. The molecule has 3 rings (SSSR count). The molecule has 4 heteroatoms. The summed E-state index contributed by atoms with van der Waals surface area (Å²) in [6.07, 6.45) is 3.11. The normalized spacial score (nSPS) is 18.4. The third-order valence-corrected chi connectivity index (χ3v) is 4.11. The lowest BCUT2D eigenvalue weighted by atomic mass is 10.0. The van der Waals surface area contributed by atoms with Gasteiger partial charge in [0, 0.05) is 30.9 Å². The zero-order chi connectivity index (χ0) is 15.9. The summed E-state index contributed by atoms with van der Waals surface area (Å²) in [4.78, 5) is 18.9. The molecule has 1 aromatic heterocycles. The average molecular weight is 310 g/mol. The van der Waals surface area contributed by atoms with E-state index in [0.717, 1.165) is 24.2 Å². The Bertz CT molecular complexity index is 616. The number of ether oxygens (including phenoxy) is 1. The van der Waals surface area contributed by atoms with Crippen molar-refractivity contribution in [2.45, 2.75) is 12.8 Å². The van der Waals surface area contributed by atoms with Crippen LogP contribution >= 0.6 is 0 Å². The minimum absolute atomic E-state index is 0.174. The number of nitrogens with zero attached hydrogens (tertiary/aromatic N) is 2. The lowest BCUT2D eigenvalue weighted by Crippen LogP contribution is -2.37. The zero-order valence-electron chi connectivity index (χ0n) is 13.2. The standard InChI is InChI=1S/C19H22N2O2/c22-19(13-16-6-2-1-3-7-16)21-10-11-23-15-17(14-21)12-18-8-4-5-9-20-18/h1-9,17H,10-15H2/t17-/m0/s1. The number of aromatic nitrogens is 1.